The van der Waals surface area contributed by atoms with Crippen molar-refractivity contribution in [3.8, 4) is 0 Å². The average molecular weight is 511 g/mol. The van der Waals surface area contributed by atoms with Gasteiger partial charge in [-0.25, -0.2) is 0 Å². The van der Waals surface area contributed by atoms with Gasteiger partial charge >= 0.3 is 0 Å². The van der Waals surface area contributed by atoms with Crippen LogP contribution in [0.2, 0.25) is 0 Å². The molecule has 4 N–H and O–H groups in total. The number of hydrogen-bond donors (Lipinski definition) is 3. The van der Waals surface area contributed by atoms with Gasteiger partial charge in [0.05, 0.1) is 5.60 Å². The van der Waals surface area contributed by atoms with Gasteiger partial charge in [0.1, 0.15) is 6.04 Å². The molecule has 1 heterocycles. The first kappa shape index (κ1) is 33.7. The summed E-state index contributed by atoms with van der Waals surface area (Å²) in [5.41, 5.74) is 4.87. The Kier molecular flexibility index (Phi) is 16.2. The highest BCUT2D eigenvalue weighted by Crippen LogP contribution is 2.14. The third-order valence-corrected chi connectivity index (χ3v) is 5.51. The largest absolute Gasteiger partial charge is 0.376 e. The van der Waals surface area contributed by atoms with Gasteiger partial charge in [-0.05, 0) is 79.7 Å². The van der Waals surface area contributed by atoms with Crippen LogP contribution in [0.15, 0.2) is 12.2 Å². The van der Waals surface area contributed by atoms with Crippen LogP contribution in [0.1, 0.15) is 99.8 Å². The number of imide groups is 1. The molecule has 0 aromatic heterocycles. The smallest absolute Gasteiger partial charge is 0.253 e. The van der Waals surface area contributed by atoms with Crippen molar-refractivity contribution in [1.82, 2.24) is 15.5 Å². The fraction of sp³-hybridized carbons (Fsp3) is 0.778. The second-order valence-electron chi connectivity index (χ2n) is 10.5. The molecule has 9 nitrogen and oxygen atoms in total. The summed E-state index contributed by atoms with van der Waals surface area (Å²) in [6.07, 6.45) is 7.47. The fourth-order valence-electron chi connectivity index (χ4n) is 3.51. The van der Waals surface area contributed by atoms with Crippen LogP contribution in [0.3, 0.4) is 0 Å². The van der Waals surface area contributed by atoms with Crippen LogP contribution in [-0.4, -0.2) is 65.4 Å². The van der Waals surface area contributed by atoms with Gasteiger partial charge in [-0.1, -0.05) is 20.3 Å². The first-order chi connectivity index (χ1) is 16.8. The molecule has 0 spiro atoms. The molecule has 0 aromatic rings. The second kappa shape index (κ2) is 17.2. The highest BCUT2D eigenvalue weighted by molar-refractivity contribution is 6.12. The van der Waals surface area contributed by atoms with E-state index >= 15 is 0 Å². The lowest BCUT2D eigenvalue weighted by atomic mass is 9.99. The van der Waals surface area contributed by atoms with E-state index in [9.17, 15) is 19.2 Å². The van der Waals surface area contributed by atoms with Crippen LogP contribution < -0.4 is 16.4 Å². The minimum atomic E-state index is -0.618. The summed E-state index contributed by atoms with van der Waals surface area (Å²) in [5.74, 6) is -0.967. The molecule has 9 heteroatoms. The molecule has 1 atom stereocenters. The number of nitrogens with two attached hydrogens (primary N) is 1. The van der Waals surface area contributed by atoms with Crippen LogP contribution in [0.25, 0.3) is 0 Å². The normalized spacial score (nSPS) is 14.4. The number of carbonyl (C=O) groups excluding carboxylic acids is 4. The monoisotopic (exact) mass is 510 g/mol. The molecular weight excluding hydrogens is 460 g/mol. The van der Waals surface area contributed by atoms with Gasteiger partial charge in [0.15, 0.2) is 0 Å². The van der Waals surface area contributed by atoms with E-state index in [4.69, 9.17) is 10.5 Å². The van der Waals surface area contributed by atoms with Gasteiger partial charge in [-0.15, -0.1) is 0 Å². The molecule has 0 radical (unpaired) electrons. The van der Waals surface area contributed by atoms with E-state index in [1.54, 1.807) is 0 Å². The lowest BCUT2D eigenvalue weighted by Crippen LogP contribution is -2.53. The molecule has 0 saturated carbocycles. The third kappa shape index (κ3) is 15.0. The maximum atomic E-state index is 13.0. The number of nitrogens with zero attached hydrogens (tertiary/aromatic N) is 1. The van der Waals surface area contributed by atoms with Gasteiger partial charge in [0, 0.05) is 37.3 Å². The number of nitrogens with one attached hydrogen (secondary N) is 2. The Labute approximate surface area is 217 Å². The van der Waals surface area contributed by atoms with Crippen molar-refractivity contribution in [2.75, 3.05) is 19.7 Å². The molecule has 1 rings (SSSR count). The minimum Gasteiger partial charge on any atom is -0.376 e. The van der Waals surface area contributed by atoms with Crippen LogP contribution in [-0.2, 0) is 23.9 Å². The number of unbranched alkanes of at least 4 members (excludes halogenated alkanes) is 3. The van der Waals surface area contributed by atoms with Crippen molar-refractivity contribution in [2.45, 2.75) is 117 Å². The van der Waals surface area contributed by atoms with E-state index < -0.39 is 11.6 Å². The molecule has 208 valence electrons. The zero-order chi connectivity index (χ0) is 27.8. The first-order valence-corrected chi connectivity index (χ1v) is 13.3. The highest BCUT2D eigenvalue weighted by Gasteiger charge is 2.27. The van der Waals surface area contributed by atoms with Gasteiger partial charge in [-0.3, -0.25) is 24.1 Å². The Morgan fingerprint density at radius 2 is 1.58 bits per heavy atom. The summed E-state index contributed by atoms with van der Waals surface area (Å²) in [7, 11) is 0. The van der Waals surface area contributed by atoms with Crippen LogP contribution in [0.5, 0.6) is 0 Å². The van der Waals surface area contributed by atoms with Crippen LogP contribution in [0, 0.1) is 0 Å². The van der Waals surface area contributed by atoms with Crippen molar-refractivity contribution in [3.05, 3.63) is 12.2 Å². The molecule has 1 aliphatic heterocycles. The summed E-state index contributed by atoms with van der Waals surface area (Å²) >= 11 is 0. The molecule has 0 bridgehead atoms. The maximum absolute atomic E-state index is 13.0. The zero-order valence-corrected chi connectivity index (χ0v) is 23.6. The molecule has 36 heavy (non-hydrogen) atoms. The predicted octanol–water partition coefficient (Wildman–Crippen LogP) is 3.21. The standard InChI is InChI=1S/C25H44N4O5.C2H6/c1-24(2,3)34-18-15-25(4,5)28-23(33)19(11-8-9-16-26)27-20(30)12-7-6-10-17-29-21(31)13-14-22(29)32;1-2/h13-14,19H,6-12,15-18,26H2,1-5H3,(H,27,30)(H,28,33);1-2H3. The quantitative estimate of drug-likeness (QED) is 0.216. The van der Waals surface area contributed by atoms with E-state index in [1.165, 1.54) is 17.1 Å². The number of ether oxygens (including phenoxy) is 1. The SMILES string of the molecule is CC.CC(C)(CCOC(C)(C)C)NC(=O)C(CCCCN)NC(=O)CCCCCN1C(=O)C=CC1=O. The van der Waals surface area contributed by atoms with Gasteiger partial charge in [-0.2, -0.15) is 0 Å². The topological polar surface area (TPSA) is 131 Å². The number of rotatable bonds is 16. The lowest BCUT2D eigenvalue weighted by molar-refractivity contribution is -0.137. The van der Waals surface area contributed by atoms with Gasteiger partial charge in [0.2, 0.25) is 11.8 Å². The van der Waals surface area contributed by atoms with E-state index in [1.807, 2.05) is 48.5 Å². The Morgan fingerprint density at radius 3 is 2.14 bits per heavy atom. The second-order valence-corrected chi connectivity index (χ2v) is 10.5. The summed E-state index contributed by atoms with van der Waals surface area (Å²) in [5, 5.41) is 5.92. The Hall–Kier alpha value is -2.26. The molecule has 0 fully saturated rings. The van der Waals surface area contributed by atoms with E-state index in [-0.39, 0.29) is 35.7 Å². The Morgan fingerprint density at radius 1 is 0.972 bits per heavy atom. The Bertz CT molecular complexity index is 710. The van der Waals surface area contributed by atoms with Crippen molar-refractivity contribution in [1.29, 1.82) is 0 Å². The average Bonchev–Trinajstić information content (AvgIpc) is 3.10. The number of amides is 4. The maximum Gasteiger partial charge on any atom is 0.253 e. The zero-order valence-electron chi connectivity index (χ0n) is 23.6. The molecule has 0 aliphatic carbocycles. The molecular formula is C27H50N4O5. The van der Waals surface area contributed by atoms with Crippen molar-refractivity contribution in [3.63, 3.8) is 0 Å². The highest BCUT2D eigenvalue weighted by atomic mass is 16.5. The molecule has 0 saturated heterocycles. The van der Waals surface area contributed by atoms with Crippen LogP contribution >= 0.6 is 0 Å². The Balaban J connectivity index is 0.00000596. The van der Waals surface area contributed by atoms with Crippen LogP contribution in [0.4, 0.5) is 0 Å². The summed E-state index contributed by atoms with van der Waals surface area (Å²) in [4.78, 5) is 49.8. The lowest BCUT2D eigenvalue weighted by Gasteiger charge is -2.30. The van der Waals surface area contributed by atoms with Crippen molar-refractivity contribution in [2.24, 2.45) is 5.73 Å². The predicted molar refractivity (Wildman–Crippen MR) is 143 cm³/mol. The molecule has 1 unspecified atom stereocenters. The van der Waals surface area contributed by atoms with Crippen molar-refractivity contribution < 1.29 is 23.9 Å². The van der Waals surface area contributed by atoms with Gasteiger partial charge in [0.25, 0.3) is 11.8 Å². The molecule has 1 aliphatic rings. The van der Waals surface area contributed by atoms with E-state index in [2.05, 4.69) is 10.6 Å². The summed E-state index contributed by atoms with van der Waals surface area (Å²) in [6, 6.07) is -0.618. The fourth-order valence-corrected chi connectivity index (χ4v) is 3.51. The summed E-state index contributed by atoms with van der Waals surface area (Å²) < 4.78 is 5.78. The third-order valence-electron chi connectivity index (χ3n) is 5.51. The van der Waals surface area contributed by atoms with Gasteiger partial charge < -0.3 is 21.1 Å². The van der Waals surface area contributed by atoms with E-state index in [0.29, 0.717) is 51.8 Å². The molecule has 0 aromatic carbocycles. The number of carbonyl (C=O) groups is 4. The van der Waals surface area contributed by atoms with Crippen molar-refractivity contribution >= 4 is 23.6 Å². The van der Waals surface area contributed by atoms with E-state index in [0.717, 1.165) is 12.8 Å². The molecule has 4 amide bonds. The minimum absolute atomic E-state index is 0.184. The number of hydrogen-bond acceptors (Lipinski definition) is 6. The first-order valence-electron chi connectivity index (χ1n) is 13.3. The summed E-state index contributed by atoms with van der Waals surface area (Å²) in [6.45, 7) is 15.3.